The minimum atomic E-state index is -4.61. The second kappa shape index (κ2) is 9.81. The predicted octanol–water partition coefficient (Wildman–Crippen LogP) is -3.95. The van der Waals surface area contributed by atoms with Crippen molar-refractivity contribution in [3.8, 4) is 0 Å². The van der Waals surface area contributed by atoms with Gasteiger partial charge in [0.15, 0.2) is 17.4 Å². The third kappa shape index (κ3) is 68.1. The van der Waals surface area contributed by atoms with Crippen LogP contribution in [0.25, 0.3) is 0 Å². The van der Waals surface area contributed by atoms with Crippen LogP contribution in [0.5, 0.6) is 0 Å². The molecule has 0 aliphatic rings. The van der Waals surface area contributed by atoms with Crippen LogP contribution >= 0.6 is 0 Å². The molecule has 0 heterocycles. The van der Waals surface area contributed by atoms with Crippen molar-refractivity contribution in [3.63, 3.8) is 0 Å². The molecule has 0 atom stereocenters. The van der Waals surface area contributed by atoms with Gasteiger partial charge in [-0.2, -0.15) is 0 Å². The largest absolute Gasteiger partial charge is 2.00 e. The minimum absolute atomic E-state index is 0. The summed E-state index contributed by atoms with van der Waals surface area (Å²) < 4.78 is 0. The second-order valence-electron chi connectivity index (χ2n) is 0.600. The number of hydrogen-bond donors (Lipinski definition) is 4. The summed E-state index contributed by atoms with van der Waals surface area (Å²) in [7, 11) is -4.61. The van der Waals surface area contributed by atoms with Crippen molar-refractivity contribution in [2.75, 3.05) is 0 Å². The van der Waals surface area contributed by atoms with Crippen LogP contribution in [0.1, 0.15) is 2.85 Å². The van der Waals surface area contributed by atoms with Crippen molar-refractivity contribution in [2.24, 2.45) is 0 Å². The van der Waals surface area contributed by atoms with Crippen molar-refractivity contribution in [1.29, 1.82) is 0 Å². The first-order chi connectivity index (χ1) is 2.00. The zero-order chi connectivity index (χ0) is 4.50. The zero-order valence-corrected chi connectivity index (χ0v) is 10.1. The van der Waals surface area contributed by atoms with Crippen LogP contribution in [-0.4, -0.2) is 91.1 Å². The molecule has 0 saturated heterocycles. The molecule has 1 radical (unpaired) electrons. The fraction of sp³-hybridized carbons (Fsp3) is 0. The Morgan fingerprint density at radius 3 is 1.00 bits per heavy atom. The summed E-state index contributed by atoms with van der Waals surface area (Å²) in [5.74, 6) is 0. The van der Waals surface area contributed by atoms with Crippen molar-refractivity contribution >= 4 is 71.9 Å². The van der Waals surface area contributed by atoms with Gasteiger partial charge < -0.3 is 22.0 Å². The summed E-state index contributed by atoms with van der Waals surface area (Å²) in [5.41, 5.74) is 0. The Bertz CT molecular complexity index is 38.7. The molecular formula is H9AlNbO4SiSr. The average Bonchev–Trinajstić information content (AvgIpc) is 0.722. The van der Waals surface area contributed by atoms with Gasteiger partial charge >= 0.3 is 54.5 Å². The predicted molar refractivity (Wildman–Crippen MR) is 32.5 cm³/mol. The molecule has 0 unspecified atom stereocenters. The molecule has 0 aliphatic carbocycles. The van der Waals surface area contributed by atoms with Crippen LogP contribution in [0.4, 0.5) is 0 Å². The van der Waals surface area contributed by atoms with Gasteiger partial charge in [0, 0.05) is 22.4 Å². The van der Waals surface area contributed by atoms with Crippen LogP contribution in [0, 0.1) is 0 Å². The first-order valence-electron chi connectivity index (χ1n) is 0.894. The van der Waals surface area contributed by atoms with E-state index in [0.29, 0.717) is 0 Å². The normalized spacial score (nSPS) is 7.50. The van der Waals surface area contributed by atoms with E-state index < -0.39 is 9.05 Å². The standard InChI is InChI=1S/Al.Nb.H4O4Si.Sr.5H/c;;1-5(2,3)4;;;;;;/h;;1-4H;;;;;;/q;;;+2;;;;2*-1. The Labute approximate surface area is 114 Å². The van der Waals surface area contributed by atoms with Gasteiger partial charge in [0.1, 0.15) is 0 Å². The van der Waals surface area contributed by atoms with Gasteiger partial charge in [-0.3, -0.25) is 0 Å². The maximum Gasteiger partial charge on any atom is 2.00 e. The van der Waals surface area contributed by atoms with E-state index in [2.05, 4.69) is 0 Å². The topological polar surface area (TPSA) is 80.9 Å². The van der Waals surface area contributed by atoms with Crippen LogP contribution < -0.4 is 0 Å². The summed E-state index contributed by atoms with van der Waals surface area (Å²) in [4.78, 5) is 29.3. The van der Waals surface area contributed by atoms with Crippen molar-refractivity contribution in [1.82, 2.24) is 0 Å². The van der Waals surface area contributed by atoms with E-state index in [-0.39, 0.29) is 88.1 Å². The second-order valence-corrected chi connectivity index (χ2v) is 1.80. The van der Waals surface area contributed by atoms with Crippen LogP contribution in [0.2, 0.25) is 0 Å². The Morgan fingerprint density at radius 2 is 1.00 bits per heavy atom. The van der Waals surface area contributed by atoms with E-state index >= 15 is 0 Å². The van der Waals surface area contributed by atoms with Crippen molar-refractivity contribution in [2.45, 2.75) is 0 Å². The fourth-order valence-corrected chi connectivity index (χ4v) is 0. The molecular weight excluding hydrogens is 300 g/mol. The van der Waals surface area contributed by atoms with Gasteiger partial charge in [0.25, 0.3) is 0 Å². The third-order valence-corrected chi connectivity index (χ3v) is 0. The Kier molecular flexibility index (Phi) is 27.5. The van der Waals surface area contributed by atoms with E-state index in [1.54, 1.807) is 0 Å². The van der Waals surface area contributed by atoms with E-state index in [4.69, 9.17) is 19.2 Å². The van der Waals surface area contributed by atoms with Gasteiger partial charge in [-0.15, -0.1) is 0 Å². The molecule has 0 spiro atoms. The SMILES string of the molecule is O[Si](O)(O)O.[AlH3].[H-].[H-].[Nb].[Sr+2]. The molecule has 0 saturated carbocycles. The van der Waals surface area contributed by atoms with E-state index in [0.717, 1.165) is 0 Å². The molecule has 4 nitrogen and oxygen atoms in total. The maximum atomic E-state index is 7.33. The number of rotatable bonds is 0. The molecule has 0 aliphatic heterocycles. The molecule has 0 bridgehead atoms. The molecule has 0 aromatic rings. The molecule has 0 aromatic carbocycles. The molecule has 8 heavy (non-hydrogen) atoms. The Hall–Kier alpha value is 2.81. The Balaban J connectivity index is -0.00000000800. The summed E-state index contributed by atoms with van der Waals surface area (Å²) in [5, 5.41) is 0. The van der Waals surface area contributed by atoms with E-state index in [1.807, 2.05) is 0 Å². The first kappa shape index (κ1) is 22.4. The van der Waals surface area contributed by atoms with Crippen LogP contribution in [-0.2, 0) is 22.4 Å². The first-order valence-corrected chi connectivity index (χ1v) is 2.68. The maximum absolute atomic E-state index is 7.33. The molecule has 47 valence electrons. The van der Waals surface area contributed by atoms with Crippen LogP contribution in [0.3, 0.4) is 0 Å². The summed E-state index contributed by atoms with van der Waals surface area (Å²) in [6.45, 7) is 0. The van der Waals surface area contributed by atoms with E-state index in [9.17, 15) is 0 Å². The summed E-state index contributed by atoms with van der Waals surface area (Å²) >= 11 is 0. The molecule has 0 fully saturated rings. The van der Waals surface area contributed by atoms with Gasteiger partial charge in [-0.05, 0) is 0 Å². The smallest absolute Gasteiger partial charge is 1.00 e. The Morgan fingerprint density at radius 1 is 1.00 bits per heavy atom. The monoisotopic (exact) mass is 309 g/mol. The molecule has 0 amide bonds. The van der Waals surface area contributed by atoms with E-state index in [1.165, 1.54) is 0 Å². The minimum Gasteiger partial charge on any atom is -1.00 e. The van der Waals surface area contributed by atoms with Crippen LogP contribution in [0.15, 0.2) is 0 Å². The van der Waals surface area contributed by atoms with Crippen molar-refractivity contribution < 1.29 is 44.4 Å². The molecule has 0 rings (SSSR count). The zero-order valence-electron chi connectivity index (χ0n) is 5.44. The van der Waals surface area contributed by atoms with Gasteiger partial charge in [-0.25, -0.2) is 0 Å². The summed E-state index contributed by atoms with van der Waals surface area (Å²) in [6, 6.07) is 0. The average molecular weight is 309 g/mol. The molecule has 0 aromatic heterocycles. The quantitative estimate of drug-likeness (QED) is 0.344. The van der Waals surface area contributed by atoms with Gasteiger partial charge in [0.2, 0.25) is 0 Å². The molecule has 4 N–H and O–H groups in total. The van der Waals surface area contributed by atoms with Gasteiger partial charge in [0.05, 0.1) is 0 Å². The fourth-order valence-electron chi connectivity index (χ4n) is 0. The van der Waals surface area contributed by atoms with Crippen molar-refractivity contribution in [3.05, 3.63) is 0 Å². The summed E-state index contributed by atoms with van der Waals surface area (Å²) in [6.07, 6.45) is 0. The number of hydrogen-bond acceptors (Lipinski definition) is 4. The van der Waals surface area contributed by atoms with Gasteiger partial charge in [-0.1, -0.05) is 0 Å². The molecule has 8 heteroatoms. The third-order valence-electron chi connectivity index (χ3n) is 0.